The number of nitro benzene ring substituents is 3. The van der Waals surface area contributed by atoms with Crippen LogP contribution in [-0.2, 0) is 54.6 Å². The van der Waals surface area contributed by atoms with E-state index < -0.39 is 32.4 Å². The van der Waals surface area contributed by atoms with Gasteiger partial charge in [0, 0.05) is 31.9 Å². The molecule has 1 N–H and O–H groups in total. The van der Waals surface area contributed by atoms with E-state index in [2.05, 4.69) is 44.0 Å². The first-order valence-electron chi connectivity index (χ1n) is 24.8. The number of nitro groups is 3. The zero-order chi connectivity index (χ0) is 66.0. The molecule has 7 aromatic rings. The highest BCUT2D eigenvalue weighted by atomic mass is 35.5. The van der Waals surface area contributed by atoms with Gasteiger partial charge < -0.3 is 42.6 Å². The number of para-hydroxylation sites is 3. The fourth-order valence-corrected chi connectivity index (χ4v) is 7.78. The van der Waals surface area contributed by atoms with E-state index in [-0.39, 0.29) is 101 Å². The summed E-state index contributed by atoms with van der Waals surface area (Å²) >= 11 is 6.43. The third kappa shape index (κ3) is 22.1. The Kier molecular flexibility index (Phi) is 31.6. The molecule has 0 fully saturated rings. The highest BCUT2D eigenvalue weighted by Gasteiger charge is 2.30. The number of methoxy groups -OCH3 is 9. The number of carbonyl (C=O) groups is 2. The summed E-state index contributed by atoms with van der Waals surface area (Å²) in [6, 6.07) is 28.4. The Balaban J connectivity index is 0.000000301. The fourth-order valence-electron chi connectivity index (χ4n) is 7.20. The van der Waals surface area contributed by atoms with Gasteiger partial charge in [0.2, 0.25) is 52.0 Å². The average molecular weight is 1270 g/mol. The Morgan fingerprint density at radius 2 is 1.00 bits per heavy atom. The number of nitriles is 2. The predicted octanol–water partition coefficient (Wildman–Crippen LogP) is 8.84. The molecule has 1 unspecified atom stereocenters. The molecule has 0 bridgehead atoms. The summed E-state index contributed by atoms with van der Waals surface area (Å²) in [5.41, 5.74) is 1.29. The lowest BCUT2D eigenvalue weighted by molar-refractivity contribution is -0.386. The molecule has 0 radical (unpaired) electrons. The Labute approximate surface area is 516 Å². The number of aromatic nitrogens is 6. The summed E-state index contributed by atoms with van der Waals surface area (Å²) in [5.74, 6) is -1.39. The van der Waals surface area contributed by atoms with Crippen LogP contribution >= 0.6 is 23.6 Å². The zero-order valence-corrected chi connectivity index (χ0v) is 50.5. The second kappa shape index (κ2) is 38.6. The lowest BCUT2D eigenvalue weighted by atomic mass is 9.95. The van der Waals surface area contributed by atoms with Crippen molar-refractivity contribution in [1.29, 1.82) is 10.5 Å². The van der Waals surface area contributed by atoms with Crippen molar-refractivity contribution in [3.63, 3.8) is 0 Å². The molecule has 1 atom stereocenters. The molecule has 0 aliphatic heterocycles. The number of benzene rings is 4. The SMILES string of the molecule is COCc1cccc(C(=O)c2nc(OC)cc(OC)n2)c1[N+](=O)[O-].COCc1cccc(C(C#N)c2nc(OC)cc(OC)n2)c1[N+](=O)[O-].COCc1cccc(CC#N)c1[N+](=O)[O-].COOSc1nc(OC)cc(OC)n1.O=C(OO)c1cccc(Cl)c1. The molecule has 470 valence electrons. The van der Waals surface area contributed by atoms with Gasteiger partial charge >= 0.3 is 5.97 Å². The first-order valence-corrected chi connectivity index (χ1v) is 25.9. The summed E-state index contributed by atoms with van der Waals surface area (Å²) in [5, 5.41) is 60.7. The molecule has 3 aromatic heterocycles. The van der Waals surface area contributed by atoms with E-state index in [0.717, 1.165) is 12.0 Å². The van der Waals surface area contributed by atoms with Gasteiger partial charge in [-0.25, -0.2) is 9.68 Å². The number of rotatable bonds is 24. The first kappa shape index (κ1) is 72.9. The van der Waals surface area contributed by atoms with Crippen LogP contribution in [-0.4, -0.2) is 133 Å². The number of halogens is 1. The largest absolute Gasteiger partial charge is 0.481 e. The number of ketones is 1. The predicted molar refractivity (Wildman–Crippen MR) is 310 cm³/mol. The van der Waals surface area contributed by atoms with E-state index >= 15 is 0 Å². The fraction of sp³-hybridized carbons (Fsp3) is 0.273. The molecule has 34 heteroatoms. The minimum absolute atomic E-state index is 0.000275. The average Bonchev–Trinajstić information content (AvgIpc) is 2.18. The molecule has 4 aromatic carbocycles. The normalized spacial score (nSPS) is 10.3. The second-order valence-corrected chi connectivity index (χ2v) is 17.5. The maximum atomic E-state index is 12.7. The van der Waals surface area contributed by atoms with Gasteiger partial charge in [0.15, 0.2) is 5.82 Å². The maximum Gasteiger partial charge on any atom is 0.372 e. The number of hydrogen-bond donors (Lipinski definition) is 1. The topological polar surface area (TPSA) is 419 Å². The number of carbonyl (C=O) groups excluding carboxylic acids is 2. The highest BCUT2D eigenvalue weighted by Crippen LogP contribution is 2.35. The lowest BCUT2D eigenvalue weighted by Crippen LogP contribution is -2.12. The van der Waals surface area contributed by atoms with Crippen molar-refractivity contribution < 1.29 is 86.4 Å². The summed E-state index contributed by atoms with van der Waals surface area (Å²) in [6.07, 6.45) is 0.0356. The van der Waals surface area contributed by atoms with Crippen LogP contribution in [0.15, 0.2) is 102 Å². The van der Waals surface area contributed by atoms with Crippen LogP contribution in [0.5, 0.6) is 35.3 Å². The van der Waals surface area contributed by atoms with Crippen molar-refractivity contribution in [2.45, 2.75) is 37.3 Å². The van der Waals surface area contributed by atoms with Gasteiger partial charge in [-0.3, -0.25) is 40.0 Å². The van der Waals surface area contributed by atoms with Crippen molar-refractivity contribution >= 4 is 52.5 Å². The van der Waals surface area contributed by atoms with E-state index in [1.54, 1.807) is 48.5 Å². The first-order chi connectivity index (χ1) is 42.8. The molecule has 0 spiro atoms. The monoisotopic (exact) mass is 1270 g/mol. The van der Waals surface area contributed by atoms with E-state index in [0.29, 0.717) is 38.6 Å². The Hall–Kier alpha value is -10.4. The van der Waals surface area contributed by atoms with Crippen molar-refractivity contribution in [3.8, 4) is 47.4 Å². The third-order valence-electron chi connectivity index (χ3n) is 10.9. The number of ether oxygens (including phenoxy) is 9. The van der Waals surface area contributed by atoms with Crippen molar-refractivity contribution in [2.75, 3.05) is 71.1 Å². The molecular formula is C55H56ClN11O21S. The van der Waals surface area contributed by atoms with Gasteiger partial charge in [0.1, 0.15) is 23.5 Å². The van der Waals surface area contributed by atoms with Crippen molar-refractivity contribution in [1.82, 2.24) is 29.9 Å². The molecule has 7 rings (SSSR count). The standard InChI is InChI=1S/C16H16N4O5.C15H15N3O6.C10H10N2O3.C7H5ClO3.C7H10N2O4S/c1-23-9-10-5-4-6-11(15(10)20(21)22)12(8-17)16-18-13(24-2)7-14(19-16)25-3;1-22-8-9-5-4-6-10(13(9)18(20)21)14(19)15-16-11(23-2)7-12(17-15)24-3;1-15-7-9-4-2-3-8(5-6-11)10(9)12(13)14;8-6-3-1-2-5(4-6)7(9)11-10;1-10-5-4-6(11-2)9-7(8-5)14-13-12-3/h4-7,12H,9H2,1-3H3;4-7H,8H2,1-3H3;2-4H,5,7H2,1H3;1-4,10H;4H,1-3H3. The van der Waals surface area contributed by atoms with Crippen LogP contribution in [0.3, 0.4) is 0 Å². The third-order valence-corrected chi connectivity index (χ3v) is 11.7. The molecule has 0 saturated heterocycles. The Bertz CT molecular complexity index is 3550. The molecule has 0 saturated carbocycles. The van der Waals surface area contributed by atoms with E-state index in [1.807, 2.05) is 12.1 Å². The quantitative estimate of drug-likeness (QED) is 0.0147. The molecule has 32 nitrogen and oxygen atoms in total. The summed E-state index contributed by atoms with van der Waals surface area (Å²) in [4.78, 5) is 87.5. The Morgan fingerprint density at radius 1 is 0.573 bits per heavy atom. The van der Waals surface area contributed by atoms with Gasteiger partial charge in [-0.05, 0) is 42.5 Å². The molecule has 0 aliphatic rings. The molecule has 0 amide bonds. The molecule has 0 aliphatic carbocycles. The maximum absolute atomic E-state index is 12.7. The summed E-state index contributed by atoms with van der Waals surface area (Å²) in [7, 11) is 14.3. The molecule has 89 heavy (non-hydrogen) atoms. The van der Waals surface area contributed by atoms with Gasteiger partial charge in [-0.15, -0.1) is 0 Å². The van der Waals surface area contributed by atoms with Gasteiger partial charge in [-0.2, -0.15) is 50.0 Å². The van der Waals surface area contributed by atoms with Crippen LogP contribution in [0, 0.1) is 53.0 Å². The van der Waals surface area contributed by atoms with Crippen LogP contribution < -0.4 is 28.4 Å². The lowest BCUT2D eigenvalue weighted by Gasteiger charge is -2.13. The van der Waals surface area contributed by atoms with Gasteiger partial charge in [-0.1, -0.05) is 48.0 Å². The smallest absolute Gasteiger partial charge is 0.372 e. The zero-order valence-electron chi connectivity index (χ0n) is 49.0. The van der Waals surface area contributed by atoms with Crippen molar-refractivity contribution in [2.24, 2.45) is 0 Å². The van der Waals surface area contributed by atoms with Crippen LogP contribution in [0.25, 0.3) is 0 Å². The second-order valence-electron chi connectivity index (χ2n) is 16.4. The summed E-state index contributed by atoms with van der Waals surface area (Å²) in [6.45, 7) is 0.222. The van der Waals surface area contributed by atoms with E-state index in [1.165, 1.54) is 120 Å². The summed E-state index contributed by atoms with van der Waals surface area (Å²) < 4.78 is 49.4. The van der Waals surface area contributed by atoms with Gasteiger partial charge in [0.05, 0.1) is 149 Å². The minimum Gasteiger partial charge on any atom is -0.481 e. The van der Waals surface area contributed by atoms with E-state index in [4.69, 9.17) is 64.8 Å². The number of hydrogen-bond acceptors (Lipinski definition) is 30. The molecular weight excluding hydrogens is 1220 g/mol. The molecule has 3 heterocycles. The van der Waals surface area contributed by atoms with Crippen LogP contribution in [0.1, 0.15) is 66.1 Å². The highest BCUT2D eigenvalue weighted by molar-refractivity contribution is 7.94. The van der Waals surface area contributed by atoms with Gasteiger partial charge in [0.25, 0.3) is 17.1 Å². The number of nitrogens with zero attached hydrogens (tertiary/aromatic N) is 11. The Morgan fingerprint density at radius 3 is 1.43 bits per heavy atom. The minimum atomic E-state index is -1.07. The van der Waals surface area contributed by atoms with E-state index in [9.17, 15) is 45.2 Å². The van der Waals surface area contributed by atoms with Crippen LogP contribution in [0.4, 0.5) is 17.1 Å². The van der Waals surface area contributed by atoms with Crippen LogP contribution in [0.2, 0.25) is 5.02 Å². The van der Waals surface area contributed by atoms with Crippen molar-refractivity contribution in [3.05, 3.63) is 183 Å².